The Morgan fingerprint density at radius 2 is 1.81 bits per heavy atom. The predicted octanol–water partition coefficient (Wildman–Crippen LogP) is 1.86. The molecular weight excluding hydrogens is 349 g/mol. The van der Waals surface area contributed by atoms with E-state index < -0.39 is 12.7 Å². The first-order valence-corrected chi connectivity index (χ1v) is 8.81. The van der Waals surface area contributed by atoms with Crippen LogP contribution in [0.5, 0.6) is 0 Å². The fourth-order valence-corrected chi connectivity index (χ4v) is 3.72. The van der Waals surface area contributed by atoms with Gasteiger partial charge in [-0.1, -0.05) is 0 Å². The van der Waals surface area contributed by atoms with Crippen LogP contribution in [0.15, 0.2) is 12.5 Å². The third kappa shape index (κ3) is 3.61. The average molecular weight is 370 g/mol. The summed E-state index contributed by atoms with van der Waals surface area (Å²) in [6, 6.07) is 0.0597. The van der Waals surface area contributed by atoms with Crippen LogP contribution >= 0.6 is 0 Å². The monoisotopic (exact) mass is 370 g/mol. The Labute approximate surface area is 148 Å². The summed E-state index contributed by atoms with van der Waals surface area (Å²) in [5, 5.41) is 5.37. The molecule has 0 aromatic carbocycles. The second-order valence-electron chi connectivity index (χ2n) is 6.75. The van der Waals surface area contributed by atoms with E-state index in [0.717, 1.165) is 29.9 Å². The van der Waals surface area contributed by atoms with Gasteiger partial charge in [-0.3, -0.25) is 4.90 Å². The zero-order valence-electron chi connectivity index (χ0n) is 14.3. The zero-order valence-corrected chi connectivity index (χ0v) is 14.3. The molecule has 0 N–H and O–H groups in total. The number of hydrogen-bond acceptors (Lipinski definition) is 6. The summed E-state index contributed by atoms with van der Waals surface area (Å²) in [6.07, 6.45) is 0.408. The van der Waals surface area contributed by atoms with Gasteiger partial charge in [-0.25, -0.2) is 14.6 Å². The molecule has 142 valence electrons. The number of ether oxygens (including phenoxy) is 1. The molecular formula is C16H21F3N6O. The second kappa shape index (κ2) is 6.99. The molecule has 2 aliphatic rings. The molecule has 2 fully saturated rings. The van der Waals surface area contributed by atoms with Gasteiger partial charge in [0.05, 0.1) is 37.4 Å². The van der Waals surface area contributed by atoms with E-state index in [1.807, 2.05) is 4.68 Å². The summed E-state index contributed by atoms with van der Waals surface area (Å²) < 4.78 is 44.9. The van der Waals surface area contributed by atoms with Gasteiger partial charge in [0, 0.05) is 26.2 Å². The maximum atomic E-state index is 12.6. The average Bonchev–Trinajstić information content (AvgIpc) is 3.06. The van der Waals surface area contributed by atoms with Gasteiger partial charge in [-0.2, -0.15) is 18.3 Å². The van der Waals surface area contributed by atoms with Gasteiger partial charge in [0.15, 0.2) is 5.65 Å². The van der Waals surface area contributed by atoms with Crippen molar-refractivity contribution in [3.8, 4) is 0 Å². The van der Waals surface area contributed by atoms with Gasteiger partial charge in [0.1, 0.15) is 12.1 Å². The Bertz CT molecular complexity index is 750. The molecule has 26 heavy (non-hydrogen) atoms. The Balaban J connectivity index is 1.51. The van der Waals surface area contributed by atoms with E-state index in [2.05, 4.69) is 20.0 Å². The van der Waals surface area contributed by atoms with Crippen molar-refractivity contribution in [2.45, 2.75) is 25.1 Å². The molecule has 4 heterocycles. The van der Waals surface area contributed by atoms with Crippen molar-refractivity contribution in [2.24, 2.45) is 0 Å². The number of halogens is 3. The predicted molar refractivity (Wildman–Crippen MR) is 89.1 cm³/mol. The van der Waals surface area contributed by atoms with Crippen molar-refractivity contribution >= 4 is 16.9 Å². The summed E-state index contributed by atoms with van der Waals surface area (Å²) in [5.74, 6) is 0.846. The van der Waals surface area contributed by atoms with Crippen LogP contribution < -0.4 is 4.90 Å². The number of hydrogen-bond donors (Lipinski definition) is 0. The number of anilines is 1. The molecule has 2 aliphatic heterocycles. The standard InChI is InChI=1S/C16H21F3N6O/c17-16(18,19)10-23-3-1-12(2-4-23)25-15-13(9-22-25)14(20-11-21-15)24-5-7-26-8-6-24/h9,11-12H,1-8,10H2. The largest absolute Gasteiger partial charge is 0.401 e. The van der Waals surface area contributed by atoms with Crippen molar-refractivity contribution in [2.75, 3.05) is 50.8 Å². The Morgan fingerprint density at radius 3 is 2.50 bits per heavy atom. The molecule has 7 nitrogen and oxygen atoms in total. The lowest BCUT2D eigenvalue weighted by Crippen LogP contribution is -2.40. The molecule has 2 aromatic heterocycles. The zero-order chi connectivity index (χ0) is 18.1. The number of aromatic nitrogens is 4. The van der Waals surface area contributed by atoms with Crippen molar-refractivity contribution < 1.29 is 17.9 Å². The molecule has 0 spiro atoms. The highest BCUT2D eigenvalue weighted by molar-refractivity contribution is 5.86. The van der Waals surface area contributed by atoms with Crippen molar-refractivity contribution in [1.29, 1.82) is 0 Å². The highest BCUT2D eigenvalue weighted by Crippen LogP contribution is 2.30. The molecule has 0 amide bonds. The first kappa shape index (κ1) is 17.5. The maximum Gasteiger partial charge on any atom is 0.401 e. The molecule has 0 aliphatic carbocycles. The topological polar surface area (TPSA) is 59.3 Å². The van der Waals surface area contributed by atoms with Gasteiger partial charge in [0.25, 0.3) is 0 Å². The highest BCUT2D eigenvalue weighted by atomic mass is 19.4. The minimum Gasteiger partial charge on any atom is -0.378 e. The number of piperidine rings is 1. The van der Waals surface area contributed by atoms with Crippen LogP contribution in [0.2, 0.25) is 0 Å². The van der Waals surface area contributed by atoms with Crippen LogP contribution in [0.3, 0.4) is 0 Å². The fourth-order valence-electron chi connectivity index (χ4n) is 3.72. The minimum absolute atomic E-state index is 0.0597. The van der Waals surface area contributed by atoms with E-state index >= 15 is 0 Å². The van der Waals surface area contributed by atoms with Crippen molar-refractivity contribution in [3.05, 3.63) is 12.5 Å². The normalized spacial score (nSPS) is 20.8. The number of alkyl halides is 3. The number of fused-ring (bicyclic) bond motifs is 1. The Morgan fingerprint density at radius 1 is 1.08 bits per heavy atom. The van der Waals surface area contributed by atoms with E-state index in [1.54, 1.807) is 6.20 Å². The van der Waals surface area contributed by atoms with Gasteiger partial charge in [0.2, 0.25) is 0 Å². The quantitative estimate of drug-likeness (QED) is 0.822. The minimum atomic E-state index is -4.15. The molecule has 0 unspecified atom stereocenters. The lowest BCUT2D eigenvalue weighted by molar-refractivity contribution is -0.148. The second-order valence-corrected chi connectivity index (χ2v) is 6.75. The maximum absolute atomic E-state index is 12.6. The summed E-state index contributed by atoms with van der Waals surface area (Å²) in [7, 11) is 0. The Hall–Kier alpha value is -1.94. The van der Waals surface area contributed by atoms with Gasteiger partial charge < -0.3 is 9.64 Å². The first-order valence-electron chi connectivity index (χ1n) is 8.81. The molecule has 0 saturated carbocycles. The Kier molecular flexibility index (Phi) is 4.70. The molecule has 2 aromatic rings. The van der Waals surface area contributed by atoms with Crippen molar-refractivity contribution in [1.82, 2.24) is 24.6 Å². The number of morpholine rings is 1. The molecule has 2 saturated heterocycles. The van der Waals surface area contributed by atoms with E-state index in [-0.39, 0.29) is 6.04 Å². The third-order valence-corrected chi connectivity index (χ3v) is 4.99. The summed E-state index contributed by atoms with van der Waals surface area (Å²) >= 11 is 0. The van der Waals surface area contributed by atoms with E-state index in [1.165, 1.54) is 11.2 Å². The van der Waals surface area contributed by atoms with Crippen LogP contribution in [0.4, 0.5) is 19.0 Å². The van der Waals surface area contributed by atoms with Gasteiger partial charge in [-0.05, 0) is 12.8 Å². The van der Waals surface area contributed by atoms with E-state index in [4.69, 9.17) is 4.74 Å². The first-order chi connectivity index (χ1) is 12.5. The molecule has 0 bridgehead atoms. The van der Waals surface area contributed by atoms with Crippen LogP contribution in [0.1, 0.15) is 18.9 Å². The molecule has 10 heteroatoms. The van der Waals surface area contributed by atoms with Gasteiger partial charge in [-0.15, -0.1) is 0 Å². The summed E-state index contributed by atoms with van der Waals surface area (Å²) in [5.41, 5.74) is 0.746. The van der Waals surface area contributed by atoms with Crippen LogP contribution in [0.25, 0.3) is 11.0 Å². The van der Waals surface area contributed by atoms with E-state index in [9.17, 15) is 13.2 Å². The van der Waals surface area contributed by atoms with Crippen LogP contribution in [-0.2, 0) is 4.74 Å². The summed E-state index contributed by atoms with van der Waals surface area (Å²) in [4.78, 5) is 12.4. The molecule has 4 rings (SSSR count). The number of likely N-dealkylation sites (tertiary alicyclic amines) is 1. The summed E-state index contributed by atoms with van der Waals surface area (Å²) in [6.45, 7) is 2.84. The lowest BCUT2D eigenvalue weighted by atomic mass is 10.1. The third-order valence-electron chi connectivity index (χ3n) is 4.99. The van der Waals surface area contributed by atoms with Crippen LogP contribution in [-0.4, -0.2) is 76.8 Å². The van der Waals surface area contributed by atoms with Gasteiger partial charge >= 0.3 is 6.18 Å². The SMILES string of the molecule is FC(F)(F)CN1CCC(n2ncc3c(N4CCOCC4)ncnc32)CC1. The highest BCUT2D eigenvalue weighted by Gasteiger charge is 2.33. The van der Waals surface area contributed by atoms with Crippen molar-refractivity contribution in [3.63, 3.8) is 0 Å². The number of nitrogens with zero attached hydrogens (tertiary/aromatic N) is 6. The number of rotatable bonds is 3. The fraction of sp³-hybridized carbons (Fsp3) is 0.688. The molecule has 0 atom stereocenters. The smallest absolute Gasteiger partial charge is 0.378 e. The van der Waals surface area contributed by atoms with E-state index in [0.29, 0.717) is 39.1 Å². The molecule has 0 radical (unpaired) electrons. The lowest BCUT2D eigenvalue weighted by Gasteiger charge is -2.32. The van der Waals surface area contributed by atoms with Crippen LogP contribution in [0, 0.1) is 0 Å².